The molecule has 0 saturated heterocycles. The monoisotopic (exact) mass is 217 g/mol. The van der Waals surface area contributed by atoms with Crippen molar-refractivity contribution >= 4 is 11.9 Å². The van der Waals surface area contributed by atoms with Crippen molar-refractivity contribution in [2.24, 2.45) is 12.5 Å². The fourth-order valence-corrected chi connectivity index (χ4v) is 1.21. The summed E-state index contributed by atoms with van der Waals surface area (Å²) in [7, 11) is 1.79. The zero-order valence-electron chi connectivity index (χ0n) is 9.98. The van der Waals surface area contributed by atoms with E-state index in [1.807, 2.05) is 6.07 Å². The quantitative estimate of drug-likeness (QED) is 0.562. The largest absolute Gasteiger partial charge is 0.293 e. The summed E-state index contributed by atoms with van der Waals surface area (Å²) in [6.45, 7) is 5.37. The number of carbonyl (C=O) groups excluding carboxylic acids is 1. The lowest BCUT2D eigenvalue weighted by atomic mass is 9.86. The lowest BCUT2D eigenvalue weighted by molar-refractivity contribution is -0.121. The minimum atomic E-state index is -0.545. The molecule has 0 amide bonds. The van der Waals surface area contributed by atoms with Crippen molar-refractivity contribution in [2.75, 3.05) is 0 Å². The molecule has 0 spiro atoms. The molecule has 1 aromatic heterocycles. The Bertz CT molecular complexity index is 469. The van der Waals surface area contributed by atoms with E-state index in [0.717, 1.165) is 0 Å². The molecule has 0 unspecified atom stereocenters. The number of rotatable bonds is 2. The van der Waals surface area contributed by atoms with Crippen molar-refractivity contribution in [1.82, 2.24) is 9.78 Å². The van der Waals surface area contributed by atoms with E-state index in [4.69, 9.17) is 5.26 Å². The maximum absolute atomic E-state index is 11.9. The molecule has 0 aliphatic heterocycles. The Kier molecular flexibility index (Phi) is 3.28. The van der Waals surface area contributed by atoms with Gasteiger partial charge in [-0.05, 0) is 12.1 Å². The second kappa shape index (κ2) is 4.31. The van der Waals surface area contributed by atoms with E-state index < -0.39 is 5.41 Å². The Morgan fingerprint density at radius 1 is 1.56 bits per heavy atom. The number of Topliss-reactive ketones (excluding diaryl/α,β-unsaturated/α-hetero) is 1. The number of aryl methyl sites for hydroxylation is 1. The molecule has 1 aromatic rings. The second-order valence-electron chi connectivity index (χ2n) is 4.66. The molecule has 0 bridgehead atoms. The first kappa shape index (κ1) is 12.2. The van der Waals surface area contributed by atoms with Gasteiger partial charge in [0.05, 0.1) is 11.3 Å². The maximum atomic E-state index is 11.9. The summed E-state index contributed by atoms with van der Waals surface area (Å²) in [6, 6.07) is 3.69. The Morgan fingerprint density at radius 2 is 2.19 bits per heavy atom. The Hall–Kier alpha value is -1.89. The first-order valence-electron chi connectivity index (χ1n) is 5.01. The van der Waals surface area contributed by atoms with Crippen LogP contribution in [-0.2, 0) is 11.8 Å². The molecule has 1 heterocycles. The summed E-state index contributed by atoms with van der Waals surface area (Å²) in [5, 5.41) is 13.1. The van der Waals surface area contributed by atoms with Gasteiger partial charge in [-0.15, -0.1) is 0 Å². The van der Waals surface area contributed by atoms with Crippen molar-refractivity contribution in [3.63, 3.8) is 0 Å². The van der Waals surface area contributed by atoms with Crippen molar-refractivity contribution in [2.45, 2.75) is 20.8 Å². The lowest BCUT2D eigenvalue weighted by Crippen LogP contribution is -2.21. The van der Waals surface area contributed by atoms with Crippen LogP contribution in [0.25, 0.3) is 6.08 Å². The Balaban J connectivity index is 3.05. The highest BCUT2D eigenvalue weighted by molar-refractivity contribution is 6.05. The zero-order valence-corrected chi connectivity index (χ0v) is 9.98. The number of allylic oxidation sites excluding steroid dienone is 1. The van der Waals surface area contributed by atoms with Crippen LogP contribution in [0.4, 0.5) is 0 Å². The molecule has 84 valence electrons. The normalized spacial score (nSPS) is 12.3. The molecule has 0 saturated carbocycles. The van der Waals surface area contributed by atoms with Gasteiger partial charge in [0.15, 0.2) is 5.78 Å². The minimum absolute atomic E-state index is 0.145. The molecule has 4 heteroatoms. The molecule has 0 atom stereocenters. The third kappa shape index (κ3) is 2.80. The number of carbonyl (C=O) groups is 1. The summed E-state index contributed by atoms with van der Waals surface area (Å²) in [5.74, 6) is -0.166. The van der Waals surface area contributed by atoms with E-state index in [1.54, 1.807) is 44.8 Å². The van der Waals surface area contributed by atoms with E-state index in [-0.39, 0.29) is 11.4 Å². The van der Waals surface area contributed by atoms with Crippen molar-refractivity contribution in [3.05, 3.63) is 23.5 Å². The van der Waals surface area contributed by atoms with E-state index in [1.165, 1.54) is 6.08 Å². The Labute approximate surface area is 95.2 Å². The van der Waals surface area contributed by atoms with E-state index in [2.05, 4.69) is 5.10 Å². The van der Waals surface area contributed by atoms with Crippen LogP contribution in [0, 0.1) is 16.7 Å². The van der Waals surface area contributed by atoms with Gasteiger partial charge in [0.25, 0.3) is 0 Å². The highest BCUT2D eigenvalue weighted by Gasteiger charge is 2.25. The molecule has 0 fully saturated rings. The van der Waals surface area contributed by atoms with Gasteiger partial charge in [0.2, 0.25) is 0 Å². The van der Waals surface area contributed by atoms with Crippen LogP contribution < -0.4 is 0 Å². The van der Waals surface area contributed by atoms with Crippen LogP contribution in [0.15, 0.2) is 17.8 Å². The third-order valence-electron chi connectivity index (χ3n) is 2.07. The summed E-state index contributed by atoms with van der Waals surface area (Å²) in [4.78, 5) is 11.9. The number of aromatic nitrogens is 2. The summed E-state index contributed by atoms with van der Waals surface area (Å²) in [6.07, 6.45) is 3.29. The van der Waals surface area contributed by atoms with Gasteiger partial charge in [-0.1, -0.05) is 20.8 Å². The topological polar surface area (TPSA) is 58.7 Å². The molecule has 16 heavy (non-hydrogen) atoms. The number of hydrogen-bond donors (Lipinski definition) is 0. The molecule has 0 aliphatic rings. The highest BCUT2D eigenvalue weighted by atomic mass is 16.1. The predicted molar refractivity (Wildman–Crippen MR) is 61.3 cm³/mol. The van der Waals surface area contributed by atoms with Crippen LogP contribution >= 0.6 is 0 Å². The van der Waals surface area contributed by atoms with Gasteiger partial charge in [-0.25, -0.2) is 0 Å². The number of nitrogens with zero attached hydrogens (tertiary/aromatic N) is 3. The van der Waals surface area contributed by atoms with Gasteiger partial charge < -0.3 is 0 Å². The van der Waals surface area contributed by atoms with E-state index in [9.17, 15) is 4.79 Å². The van der Waals surface area contributed by atoms with Crippen molar-refractivity contribution in [3.8, 4) is 6.07 Å². The van der Waals surface area contributed by atoms with Gasteiger partial charge in [0.1, 0.15) is 6.07 Å². The van der Waals surface area contributed by atoms with Gasteiger partial charge in [-0.3, -0.25) is 9.48 Å². The van der Waals surface area contributed by atoms with Crippen LogP contribution in [0.3, 0.4) is 0 Å². The molecule has 4 nitrogen and oxygen atoms in total. The number of nitriles is 1. The van der Waals surface area contributed by atoms with E-state index in [0.29, 0.717) is 5.69 Å². The third-order valence-corrected chi connectivity index (χ3v) is 2.07. The SMILES string of the molecule is Cn1ccc(/C=C(\C#N)C(=O)C(C)(C)C)n1. The summed E-state index contributed by atoms with van der Waals surface area (Å²) >= 11 is 0. The second-order valence-corrected chi connectivity index (χ2v) is 4.66. The van der Waals surface area contributed by atoms with Gasteiger partial charge in [-0.2, -0.15) is 10.4 Å². The molecule has 0 aliphatic carbocycles. The average molecular weight is 217 g/mol. The molecular weight excluding hydrogens is 202 g/mol. The summed E-state index contributed by atoms with van der Waals surface area (Å²) in [5.41, 5.74) is 0.221. The maximum Gasteiger partial charge on any atom is 0.178 e. The van der Waals surface area contributed by atoms with Crippen LogP contribution in [0.5, 0.6) is 0 Å². The van der Waals surface area contributed by atoms with Crippen molar-refractivity contribution in [1.29, 1.82) is 5.26 Å². The molecule has 0 radical (unpaired) electrons. The van der Waals surface area contributed by atoms with Crippen molar-refractivity contribution < 1.29 is 4.79 Å². The van der Waals surface area contributed by atoms with E-state index >= 15 is 0 Å². The lowest BCUT2D eigenvalue weighted by Gasteiger charge is -2.15. The van der Waals surface area contributed by atoms with Crippen LogP contribution in [0.2, 0.25) is 0 Å². The fraction of sp³-hybridized carbons (Fsp3) is 0.417. The first-order valence-corrected chi connectivity index (χ1v) is 5.01. The zero-order chi connectivity index (χ0) is 12.3. The standard InChI is InChI=1S/C12H15N3O/c1-12(2,3)11(16)9(8-13)7-10-5-6-15(4)14-10/h5-7H,1-4H3/b9-7+. The molecule has 0 N–H and O–H groups in total. The predicted octanol–water partition coefficient (Wildman–Crippen LogP) is 1.94. The smallest absolute Gasteiger partial charge is 0.178 e. The highest BCUT2D eigenvalue weighted by Crippen LogP contribution is 2.20. The number of hydrogen-bond acceptors (Lipinski definition) is 3. The fourth-order valence-electron chi connectivity index (χ4n) is 1.21. The molecular formula is C12H15N3O. The number of ketones is 1. The minimum Gasteiger partial charge on any atom is -0.293 e. The molecule has 1 rings (SSSR count). The first-order chi connectivity index (χ1) is 7.34. The van der Waals surface area contributed by atoms with Crippen LogP contribution in [0.1, 0.15) is 26.5 Å². The molecule has 0 aromatic carbocycles. The van der Waals surface area contributed by atoms with Gasteiger partial charge in [0, 0.05) is 18.7 Å². The van der Waals surface area contributed by atoms with Crippen LogP contribution in [-0.4, -0.2) is 15.6 Å². The summed E-state index contributed by atoms with van der Waals surface area (Å²) < 4.78 is 1.63. The van der Waals surface area contributed by atoms with Gasteiger partial charge >= 0.3 is 0 Å². The Morgan fingerprint density at radius 3 is 2.56 bits per heavy atom. The average Bonchev–Trinajstić information content (AvgIpc) is 2.58.